The molecule has 2 unspecified atom stereocenters. The number of nitrogens with zero attached hydrogens (tertiary/aromatic N) is 1. The molecule has 2 N–H and O–H groups in total. The molecule has 1 fully saturated rings. The van der Waals surface area contributed by atoms with Gasteiger partial charge in [0.2, 0.25) is 0 Å². The van der Waals surface area contributed by atoms with Crippen LogP contribution in [0.15, 0.2) is 24.3 Å². The lowest BCUT2D eigenvalue weighted by Gasteiger charge is -2.25. The third-order valence-electron chi connectivity index (χ3n) is 4.44. The Labute approximate surface area is 127 Å². The summed E-state index contributed by atoms with van der Waals surface area (Å²) in [5.41, 5.74) is 0.885. The van der Waals surface area contributed by atoms with Crippen molar-refractivity contribution in [1.82, 2.24) is 4.90 Å². The molecule has 1 saturated heterocycles. The quantitative estimate of drug-likeness (QED) is 0.912. The molecule has 0 aliphatic carbocycles. The van der Waals surface area contributed by atoms with E-state index < -0.39 is 5.97 Å². The average molecular weight is 305 g/mol. The van der Waals surface area contributed by atoms with Crippen LogP contribution >= 0.6 is 11.3 Å². The van der Waals surface area contributed by atoms with Crippen LogP contribution in [0.1, 0.15) is 28.6 Å². The first kappa shape index (κ1) is 14.5. The van der Waals surface area contributed by atoms with Crippen molar-refractivity contribution in [1.29, 1.82) is 0 Å². The topological polar surface area (TPSA) is 60.8 Å². The standard InChI is InChI=1S/C16H19NO3S/c1-10-6-7-17(13(10)9-18)8-12-11-4-2-3-5-14(11)21-15(12)16(19)20/h2-5,10,13,18H,6-9H2,1H3,(H,19,20). The lowest BCUT2D eigenvalue weighted by Crippen LogP contribution is -2.34. The zero-order valence-corrected chi connectivity index (χ0v) is 12.8. The molecule has 2 atom stereocenters. The lowest BCUT2D eigenvalue weighted by molar-refractivity contribution is 0.0699. The number of thiophene rings is 1. The number of carbonyl (C=O) groups is 1. The molecule has 1 aliphatic heterocycles. The Morgan fingerprint density at radius 3 is 2.90 bits per heavy atom. The molecule has 2 heterocycles. The van der Waals surface area contributed by atoms with E-state index in [2.05, 4.69) is 11.8 Å². The number of benzene rings is 1. The van der Waals surface area contributed by atoms with Crippen molar-refractivity contribution in [2.75, 3.05) is 13.2 Å². The zero-order chi connectivity index (χ0) is 15.0. The van der Waals surface area contributed by atoms with Gasteiger partial charge in [0.25, 0.3) is 0 Å². The van der Waals surface area contributed by atoms with E-state index in [1.165, 1.54) is 11.3 Å². The monoisotopic (exact) mass is 305 g/mol. The van der Waals surface area contributed by atoms with Crippen molar-refractivity contribution >= 4 is 27.4 Å². The number of carboxylic acids is 1. The largest absolute Gasteiger partial charge is 0.477 e. The number of hydrogen-bond acceptors (Lipinski definition) is 4. The van der Waals surface area contributed by atoms with Gasteiger partial charge < -0.3 is 10.2 Å². The van der Waals surface area contributed by atoms with E-state index in [9.17, 15) is 15.0 Å². The predicted octanol–water partition coefficient (Wildman–Crippen LogP) is 2.80. The molecule has 0 radical (unpaired) electrons. The molecule has 1 aromatic heterocycles. The predicted molar refractivity (Wildman–Crippen MR) is 83.8 cm³/mol. The third kappa shape index (κ3) is 2.57. The number of aliphatic hydroxyl groups excluding tert-OH is 1. The van der Waals surface area contributed by atoms with E-state index in [1.807, 2.05) is 24.3 Å². The van der Waals surface area contributed by atoms with Gasteiger partial charge in [-0.3, -0.25) is 4.90 Å². The summed E-state index contributed by atoms with van der Waals surface area (Å²) >= 11 is 1.34. The van der Waals surface area contributed by atoms with Gasteiger partial charge in [-0.25, -0.2) is 4.79 Å². The number of likely N-dealkylation sites (tertiary alicyclic amines) is 1. The molecule has 21 heavy (non-hydrogen) atoms. The van der Waals surface area contributed by atoms with Crippen LogP contribution in [0.5, 0.6) is 0 Å². The van der Waals surface area contributed by atoms with E-state index in [4.69, 9.17) is 0 Å². The Kier molecular flexibility index (Phi) is 3.97. The van der Waals surface area contributed by atoms with Crippen LogP contribution in [0.2, 0.25) is 0 Å². The molecule has 1 aliphatic rings. The Hall–Kier alpha value is -1.43. The van der Waals surface area contributed by atoms with Gasteiger partial charge in [0, 0.05) is 17.3 Å². The number of aromatic carboxylic acids is 1. The molecule has 0 amide bonds. The molecular weight excluding hydrogens is 286 g/mol. The van der Waals surface area contributed by atoms with Crippen molar-refractivity contribution in [2.45, 2.75) is 25.9 Å². The summed E-state index contributed by atoms with van der Waals surface area (Å²) in [5, 5.41) is 20.1. The summed E-state index contributed by atoms with van der Waals surface area (Å²) in [6.45, 7) is 3.78. The molecule has 1 aromatic carbocycles. The van der Waals surface area contributed by atoms with Gasteiger partial charge in [-0.05, 0) is 35.9 Å². The first-order valence-corrected chi connectivity index (χ1v) is 8.02. The molecule has 3 rings (SSSR count). The zero-order valence-electron chi connectivity index (χ0n) is 12.0. The smallest absolute Gasteiger partial charge is 0.346 e. The van der Waals surface area contributed by atoms with Crippen LogP contribution in [0, 0.1) is 5.92 Å². The second-order valence-electron chi connectivity index (χ2n) is 5.70. The van der Waals surface area contributed by atoms with Crippen LogP contribution in [0.25, 0.3) is 10.1 Å². The van der Waals surface area contributed by atoms with Gasteiger partial charge in [0.15, 0.2) is 0 Å². The van der Waals surface area contributed by atoms with Crippen molar-refractivity contribution in [2.24, 2.45) is 5.92 Å². The molecule has 4 nitrogen and oxygen atoms in total. The summed E-state index contributed by atoms with van der Waals surface area (Å²) in [7, 11) is 0. The molecule has 0 saturated carbocycles. The van der Waals surface area contributed by atoms with Gasteiger partial charge in [-0.15, -0.1) is 11.3 Å². The van der Waals surface area contributed by atoms with E-state index in [-0.39, 0.29) is 12.6 Å². The number of hydrogen-bond donors (Lipinski definition) is 2. The minimum Gasteiger partial charge on any atom is -0.477 e. The van der Waals surface area contributed by atoms with Crippen LogP contribution in [0.4, 0.5) is 0 Å². The van der Waals surface area contributed by atoms with E-state index in [1.54, 1.807) is 0 Å². The van der Waals surface area contributed by atoms with Gasteiger partial charge in [-0.1, -0.05) is 25.1 Å². The summed E-state index contributed by atoms with van der Waals surface area (Å²) in [6.07, 6.45) is 1.05. The maximum absolute atomic E-state index is 11.5. The molecule has 112 valence electrons. The fraction of sp³-hybridized carbons (Fsp3) is 0.438. The Morgan fingerprint density at radius 1 is 1.43 bits per heavy atom. The van der Waals surface area contributed by atoms with E-state index in [0.717, 1.165) is 28.6 Å². The first-order valence-electron chi connectivity index (χ1n) is 7.20. The summed E-state index contributed by atoms with van der Waals surface area (Å²) in [6, 6.07) is 7.96. The Bertz CT molecular complexity index is 667. The minimum absolute atomic E-state index is 0.130. The van der Waals surface area contributed by atoms with Gasteiger partial charge in [0.05, 0.1) is 6.61 Å². The normalized spacial score (nSPS) is 23.0. The Morgan fingerprint density at radius 2 is 2.19 bits per heavy atom. The van der Waals surface area contributed by atoms with Crippen LogP contribution < -0.4 is 0 Å². The highest BCUT2D eigenvalue weighted by molar-refractivity contribution is 7.21. The number of aliphatic hydroxyl groups is 1. The summed E-state index contributed by atoms with van der Waals surface area (Å²) < 4.78 is 1.01. The van der Waals surface area contributed by atoms with Crippen molar-refractivity contribution < 1.29 is 15.0 Å². The highest BCUT2D eigenvalue weighted by atomic mass is 32.1. The van der Waals surface area contributed by atoms with Crippen LogP contribution in [-0.2, 0) is 6.54 Å². The third-order valence-corrected chi connectivity index (χ3v) is 5.64. The maximum Gasteiger partial charge on any atom is 0.346 e. The van der Waals surface area contributed by atoms with Crippen molar-refractivity contribution in [3.8, 4) is 0 Å². The SMILES string of the molecule is CC1CCN(Cc2c(C(=O)O)sc3ccccc23)C1CO. The summed E-state index contributed by atoms with van der Waals surface area (Å²) in [4.78, 5) is 14.2. The molecule has 5 heteroatoms. The lowest BCUT2D eigenvalue weighted by atomic mass is 10.0. The second-order valence-corrected chi connectivity index (χ2v) is 6.75. The minimum atomic E-state index is -0.862. The van der Waals surface area contributed by atoms with Gasteiger partial charge in [-0.2, -0.15) is 0 Å². The Balaban J connectivity index is 1.99. The number of rotatable bonds is 4. The first-order chi connectivity index (χ1) is 10.1. The fourth-order valence-electron chi connectivity index (χ4n) is 3.21. The number of fused-ring (bicyclic) bond motifs is 1. The van der Waals surface area contributed by atoms with E-state index >= 15 is 0 Å². The summed E-state index contributed by atoms with van der Waals surface area (Å²) in [5.74, 6) is -0.410. The number of carboxylic acid groups (broad SMARTS) is 1. The van der Waals surface area contributed by atoms with Crippen LogP contribution in [0.3, 0.4) is 0 Å². The van der Waals surface area contributed by atoms with Gasteiger partial charge in [0.1, 0.15) is 4.88 Å². The molecule has 0 spiro atoms. The average Bonchev–Trinajstić information content (AvgIpc) is 3.01. The van der Waals surface area contributed by atoms with Crippen molar-refractivity contribution in [3.63, 3.8) is 0 Å². The molecular formula is C16H19NO3S. The highest BCUT2D eigenvalue weighted by Crippen LogP contribution is 2.34. The van der Waals surface area contributed by atoms with Crippen LogP contribution in [-0.4, -0.2) is 40.3 Å². The second kappa shape index (κ2) is 5.75. The van der Waals surface area contributed by atoms with Gasteiger partial charge >= 0.3 is 5.97 Å². The molecule has 0 bridgehead atoms. The fourth-order valence-corrected chi connectivity index (χ4v) is 4.26. The highest BCUT2D eigenvalue weighted by Gasteiger charge is 2.32. The molecule has 2 aromatic rings. The van der Waals surface area contributed by atoms with Crippen molar-refractivity contribution in [3.05, 3.63) is 34.7 Å². The van der Waals surface area contributed by atoms with E-state index in [0.29, 0.717) is 17.3 Å². The maximum atomic E-state index is 11.5.